The van der Waals surface area contributed by atoms with Crippen LogP contribution in [0.15, 0.2) is 204 Å². The Bertz CT molecular complexity index is 3020. The van der Waals surface area contributed by atoms with Gasteiger partial charge in [-0.15, -0.1) is 0 Å². The summed E-state index contributed by atoms with van der Waals surface area (Å²) in [7, 11) is 4.98. The highest BCUT2D eigenvalue weighted by Gasteiger charge is 2.39. The second-order valence-electron chi connectivity index (χ2n) is 18.2. The lowest BCUT2D eigenvalue weighted by Crippen LogP contribution is -2.43. The van der Waals surface area contributed by atoms with Crippen molar-refractivity contribution in [3.63, 3.8) is 0 Å². The summed E-state index contributed by atoms with van der Waals surface area (Å²) in [5, 5.41) is 6.03. The summed E-state index contributed by atoms with van der Waals surface area (Å²) in [5.41, 5.74) is 33.5. The molecule has 0 saturated heterocycles. The van der Waals surface area contributed by atoms with Gasteiger partial charge in [0.05, 0.1) is 103 Å². The molecular formula is C53H60ClN15O3. The van der Waals surface area contributed by atoms with Crippen LogP contribution < -0.4 is 27.0 Å². The molecule has 9 aliphatic rings. The van der Waals surface area contributed by atoms with Crippen molar-refractivity contribution >= 4 is 41.6 Å². The molecule has 0 radical (unpaired) electrons. The molecule has 0 amide bonds. The molecule has 9 aliphatic heterocycles. The van der Waals surface area contributed by atoms with Crippen molar-refractivity contribution in [2.75, 3.05) is 77.3 Å². The third-order valence-corrected chi connectivity index (χ3v) is 13.9. The summed E-state index contributed by atoms with van der Waals surface area (Å²) in [4.78, 5) is 43.2. The molecule has 18 nitrogen and oxygen atoms in total. The predicted molar refractivity (Wildman–Crippen MR) is 282 cm³/mol. The molecule has 0 aromatic heterocycles. The van der Waals surface area contributed by atoms with Crippen molar-refractivity contribution in [3.05, 3.63) is 200 Å². The Hall–Kier alpha value is -7.90. The van der Waals surface area contributed by atoms with Crippen molar-refractivity contribution in [2.24, 2.45) is 32.2 Å². The molecule has 72 heavy (non-hydrogen) atoms. The van der Waals surface area contributed by atoms with Gasteiger partial charge >= 0.3 is 0 Å². The molecular weight excluding hydrogens is 930 g/mol. The molecule has 0 atom stereocenters. The Morgan fingerprint density at radius 3 is 1.42 bits per heavy atom. The predicted octanol–water partition coefficient (Wildman–Crippen LogP) is 6.60. The average molecular weight is 991 g/mol. The first-order valence-electron chi connectivity index (χ1n) is 23.7. The van der Waals surface area contributed by atoms with E-state index in [9.17, 15) is 0 Å². The van der Waals surface area contributed by atoms with E-state index in [0.717, 1.165) is 117 Å². The molecule has 6 N–H and O–H groups in total. The van der Waals surface area contributed by atoms with E-state index < -0.39 is 0 Å². The minimum atomic E-state index is 0.573. The lowest BCUT2D eigenvalue weighted by atomic mass is 10.1. The highest BCUT2D eigenvalue weighted by atomic mass is 35.5. The quantitative estimate of drug-likeness (QED) is 0.220. The lowest BCUT2D eigenvalue weighted by Gasteiger charge is -2.40. The van der Waals surface area contributed by atoms with Gasteiger partial charge in [0.15, 0.2) is 0 Å². The zero-order valence-corrected chi connectivity index (χ0v) is 42.2. The van der Waals surface area contributed by atoms with Gasteiger partial charge in [0, 0.05) is 31.9 Å². The van der Waals surface area contributed by atoms with Gasteiger partial charge in [-0.25, -0.2) is 30.2 Å². The fourth-order valence-electron chi connectivity index (χ4n) is 9.66. The van der Waals surface area contributed by atoms with Gasteiger partial charge in [-0.2, -0.15) is 0 Å². The minimum Gasteiger partial charge on any atom is -0.397 e. The number of hydroxylamine groups is 6. The summed E-state index contributed by atoms with van der Waals surface area (Å²) < 4.78 is 0. The van der Waals surface area contributed by atoms with Crippen molar-refractivity contribution in [3.8, 4) is 0 Å². The first kappa shape index (κ1) is 47.8. The molecule has 0 aliphatic carbocycles. The Labute approximate surface area is 425 Å². The van der Waals surface area contributed by atoms with E-state index in [4.69, 9.17) is 43.3 Å². The SMILES string of the molecule is CON1C=C2C=NC3=C(N(CCc4ccccc4)CC(C)=C3N)N2C1.CON1C=C2C=NC3=C(N2C1)N(c1ccccc1)CC(C)=C3N.CON1C=C2C=NC3=C(N2C1)N(c1ccccc1Cl)CC(C)=C3N. The number of nitrogens with zero attached hydrogens (tertiary/aromatic N) is 12. The minimum absolute atomic E-state index is 0.573. The van der Waals surface area contributed by atoms with Gasteiger partial charge in [0.1, 0.15) is 54.6 Å². The number of aliphatic imine (C=N–C) groups is 3. The van der Waals surface area contributed by atoms with Gasteiger partial charge in [0.2, 0.25) is 0 Å². The summed E-state index contributed by atoms with van der Waals surface area (Å²) in [6, 6.07) is 28.7. The van der Waals surface area contributed by atoms with E-state index >= 15 is 0 Å². The summed E-state index contributed by atoms with van der Waals surface area (Å²) in [6.07, 6.45) is 12.3. The molecule has 19 heteroatoms. The number of fused-ring (bicyclic) bond motifs is 6. The van der Waals surface area contributed by atoms with E-state index in [1.54, 1.807) is 36.5 Å². The van der Waals surface area contributed by atoms with Crippen LogP contribution >= 0.6 is 11.6 Å². The molecule has 0 fully saturated rings. The number of hydrogen-bond donors (Lipinski definition) is 3. The van der Waals surface area contributed by atoms with E-state index in [0.29, 0.717) is 31.6 Å². The molecule has 0 saturated carbocycles. The van der Waals surface area contributed by atoms with Gasteiger partial charge in [-0.05, 0) is 73.7 Å². The van der Waals surface area contributed by atoms with Gasteiger partial charge in [-0.3, -0.25) is 14.5 Å². The van der Waals surface area contributed by atoms with Crippen LogP contribution in [0.1, 0.15) is 26.3 Å². The van der Waals surface area contributed by atoms with Crippen LogP contribution in [-0.4, -0.2) is 121 Å². The summed E-state index contributed by atoms with van der Waals surface area (Å²) >= 11 is 6.45. The molecule has 0 spiro atoms. The van der Waals surface area contributed by atoms with Crippen molar-refractivity contribution in [1.29, 1.82) is 0 Å². The molecule has 372 valence electrons. The molecule has 12 rings (SSSR count). The van der Waals surface area contributed by atoms with Crippen molar-refractivity contribution < 1.29 is 14.5 Å². The average Bonchev–Trinajstić information content (AvgIpc) is 4.17. The van der Waals surface area contributed by atoms with Crippen LogP contribution in [0.2, 0.25) is 5.02 Å². The first-order valence-corrected chi connectivity index (χ1v) is 24.1. The maximum atomic E-state index is 6.45. The molecule has 0 unspecified atom stereocenters. The molecule has 3 aromatic carbocycles. The number of halogens is 1. The summed E-state index contributed by atoms with van der Waals surface area (Å²) in [5.74, 6) is 3.01. The first-order chi connectivity index (χ1) is 35.0. The fourth-order valence-corrected chi connectivity index (χ4v) is 9.90. The van der Waals surface area contributed by atoms with Crippen LogP contribution in [0.25, 0.3) is 0 Å². The Morgan fingerprint density at radius 1 is 0.500 bits per heavy atom. The second-order valence-corrected chi connectivity index (χ2v) is 18.6. The summed E-state index contributed by atoms with van der Waals surface area (Å²) in [6.45, 7) is 11.2. The number of para-hydroxylation sites is 2. The smallest absolute Gasteiger partial charge is 0.144 e. The highest BCUT2D eigenvalue weighted by molar-refractivity contribution is 6.33. The number of anilines is 2. The van der Waals surface area contributed by atoms with Crippen LogP contribution in [0, 0.1) is 0 Å². The van der Waals surface area contributed by atoms with Crippen LogP contribution in [0.5, 0.6) is 0 Å². The maximum absolute atomic E-state index is 6.45. The third kappa shape index (κ3) is 8.93. The normalized spacial score (nSPS) is 19.8. The largest absolute Gasteiger partial charge is 0.397 e. The van der Waals surface area contributed by atoms with E-state index in [2.05, 4.69) is 101 Å². The van der Waals surface area contributed by atoms with E-state index in [1.807, 2.05) is 86.6 Å². The second kappa shape index (κ2) is 20.1. The van der Waals surface area contributed by atoms with Gasteiger partial charge < -0.3 is 46.6 Å². The van der Waals surface area contributed by atoms with Crippen LogP contribution in [0.4, 0.5) is 11.4 Å². The van der Waals surface area contributed by atoms with E-state index in [-0.39, 0.29) is 0 Å². The number of nitrogens with two attached hydrogens (primary N) is 3. The van der Waals surface area contributed by atoms with Crippen molar-refractivity contribution in [2.45, 2.75) is 27.2 Å². The van der Waals surface area contributed by atoms with Gasteiger partial charge in [0.25, 0.3) is 0 Å². The number of benzene rings is 3. The Morgan fingerprint density at radius 2 is 0.917 bits per heavy atom. The fraction of sp³-hybridized carbons (Fsp3) is 0.264. The Kier molecular flexibility index (Phi) is 13.3. The highest BCUT2D eigenvalue weighted by Crippen LogP contribution is 2.41. The van der Waals surface area contributed by atoms with Crippen LogP contribution in [0.3, 0.4) is 0 Å². The Balaban J connectivity index is 0.000000124. The molecule has 9 heterocycles. The molecule has 3 aromatic rings. The van der Waals surface area contributed by atoms with E-state index in [1.165, 1.54) is 11.1 Å². The molecule has 0 bridgehead atoms. The zero-order valence-electron chi connectivity index (χ0n) is 41.4. The standard InChI is InChI=1S/C19H23N5O.C17H18ClN5O.C17H19N5O/c1-14-11-22(9-8-15-6-4-3-5-7-15)19-18(17(14)20)21-10-16-12-23(25-2)13-24(16)19;1-11-8-22(14-6-4-3-5-13(14)18)17-16(15(11)19)20-7-12-9-21(24-2)10-23(12)17;1-12-9-21(13-6-4-3-5-7-13)17-16(15(12)18)19-8-14-10-20(23-2)11-22(14)17/h3-7,10,12H,8-9,11,13,20H2,1-2H3;3-7,9H,8,10,19H2,1-2H3;3-8,10H,9,11,18H2,1-2H3. The van der Waals surface area contributed by atoms with Crippen molar-refractivity contribution in [1.82, 2.24) is 34.8 Å². The number of hydrogen-bond acceptors (Lipinski definition) is 18. The number of allylic oxidation sites excluding steroid dienone is 3. The zero-order chi connectivity index (χ0) is 50.2. The monoisotopic (exact) mass is 989 g/mol. The number of rotatable bonds is 8. The van der Waals surface area contributed by atoms with Gasteiger partial charge in [-0.1, -0.05) is 72.3 Å². The third-order valence-electron chi connectivity index (χ3n) is 13.6. The maximum Gasteiger partial charge on any atom is 0.144 e. The lowest BCUT2D eigenvalue weighted by molar-refractivity contribution is -0.0971. The van der Waals surface area contributed by atoms with Crippen LogP contribution in [-0.2, 0) is 20.9 Å². The topological polar surface area (TPSA) is 172 Å².